The van der Waals surface area contributed by atoms with Crippen molar-refractivity contribution in [1.82, 2.24) is 9.38 Å². The van der Waals surface area contributed by atoms with Crippen molar-refractivity contribution in [1.29, 1.82) is 5.26 Å². The van der Waals surface area contributed by atoms with Crippen LogP contribution in [0.3, 0.4) is 0 Å². The summed E-state index contributed by atoms with van der Waals surface area (Å²) in [7, 11) is 1.55. The van der Waals surface area contributed by atoms with Crippen LogP contribution in [-0.4, -0.2) is 16.5 Å². The summed E-state index contributed by atoms with van der Waals surface area (Å²) in [6.45, 7) is 0.365. The van der Waals surface area contributed by atoms with Crippen molar-refractivity contribution in [3.8, 4) is 11.9 Å². The van der Waals surface area contributed by atoms with Gasteiger partial charge < -0.3 is 10.1 Å². The quantitative estimate of drug-likeness (QED) is 0.804. The normalized spacial score (nSPS) is 10.5. The first-order valence-corrected chi connectivity index (χ1v) is 7.03. The van der Waals surface area contributed by atoms with E-state index < -0.39 is 5.82 Å². The van der Waals surface area contributed by atoms with Crippen LogP contribution in [0.5, 0.6) is 5.88 Å². The third-order valence-corrected chi connectivity index (χ3v) is 3.82. The van der Waals surface area contributed by atoms with Crippen molar-refractivity contribution in [2.75, 3.05) is 12.4 Å². The van der Waals surface area contributed by atoms with E-state index in [0.717, 1.165) is 10.7 Å². The molecule has 7 heteroatoms. The number of anilines is 1. The van der Waals surface area contributed by atoms with Crippen LogP contribution in [0.2, 0.25) is 0 Å². The van der Waals surface area contributed by atoms with E-state index >= 15 is 0 Å². The van der Waals surface area contributed by atoms with Crippen molar-refractivity contribution < 1.29 is 9.13 Å². The lowest BCUT2D eigenvalue weighted by atomic mass is 10.2. The predicted octanol–water partition coefficient (Wildman–Crippen LogP) is 3.03. The molecule has 0 aliphatic rings. The smallest absolute Gasteiger partial charge is 0.238 e. The molecule has 3 aromatic rings. The Kier molecular flexibility index (Phi) is 3.46. The Balaban J connectivity index is 1.86. The Morgan fingerprint density at radius 2 is 2.38 bits per heavy atom. The van der Waals surface area contributed by atoms with Gasteiger partial charge in [-0.15, -0.1) is 11.3 Å². The molecule has 21 heavy (non-hydrogen) atoms. The molecule has 0 spiro atoms. The first-order chi connectivity index (χ1) is 10.2. The summed E-state index contributed by atoms with van der Waals surface area (Å²) in [5.41, 5.74) is 1.44. The molecule has 5 nitrogen and oxygen atoms in total. The number of nitrogens with zero attached hydrogens (tertiary/aromatic N) is 3. The molecule has 2 aromatic heterocycles. The van der Waals surface area contributed by atoms with Gasteiger partial charge in [0.15, 0.2) is 4.96 Å². The molecule has 0 aliphatic heterocycles. The Labute approximate surface area is 124 Å². The largest absolute Gasteiger partial charge is 0.480 e. The number of hydrogen-bond donors (Lipinski definition) is 1. The third-order valence-electron chi connectivity index (χ3n) is 3.06. The van der Waals surface area contributed by atoms with Crippen LogP contribution in [-0.2, 0) is 6.54 Å². The van der Waals surface area contributed by atoms with E-state index in [1.54, 1.807) is 19.2 Å². The lowest BCUT2D eigenvalue weighted by Gasteiger charge is -2.08. The molecule has 106 valence electrons. The molecule has 1 aromatic carbocycles. The van der Waals surface area contributed by atoms with Crippen LogP contribution in [0, 0.1) is 17.1 Å². The van der Waals surface area contributed by atoms with E-state index in [1.165, 1.54) is 17.4 Å². The highest BCUT2D eigenvalue weighted by atomic mass is 32.1. The fourth-order valence-corrected chi connectivity index (χ4v) is 2.77. The van der Waals surface area contributed by atoms with Gasteiger partial charge in [0.05, 0.1) is 31.0 Å². The van der Waals surface area contributed by atoms with E-state index in [9.17, 15) is 4.39 Å². The number of hydrogen-bond acceptors (Lipinski definition) is 5. The molecular formula is C14H11FN4OS. The maximum absolute atomic E-state index is 13.8. The summed E-state index contributed by atoms with van der Waals surface area (Å²) in [5, 5.41) is 13.7. The molecule has 0 saturated carbocycles. The van der Waals surface area contributed by atoms with Gasteiger partial charge in [0, 0.05) is 11.6 Å². The molecule has 0 unspecified atom stereocenters. The molecule has 2 heterocycles. The van der Waals surface area contributed by atoms with Gasteiger partial charge in [-0.05, 0) is 18.2 Å². The number of rotatable bonds is 4. The van der Waals surface area contributed by atoms with Gasteiger partial charge >= 0.3 is 0 Å². The lowest BCUT2D eigenvalue weighted by molar-refractivity contribution is 0.395. The highest BCUT2D eigenvalue weighted by Gasteiger charge is 2.14. The second-order valence-electron chi connectivity index (χ2n) is 4.28. The van der Waals surface area contributed by atoms with Crippen molar-refractivity contribution in [3.05, 3.63) is 46.9 Å². The highest BCUT2D eigenvalue weighted by Crippen LogP contribution is 2.24. The zero-order valence-electron chi connectivity index (χ0n) is 11.1. The number of halogens is 1. The molecule has 0 atom stereocenters. The summed E-state index contributed by atoms with van der Waals surface area (Å²) in [6.07, 6.45) is 1.89. The second-order valence-corrected chi connectivity index (χ2v) is 5.16. The van der Waals surface area contributed by atoms with Gasteiger partial charge in [-0.25, -0.2) is 4.39 Å². The standard InChI is InChI=1S/C14H11FN4OS/c1-20-13-12(19-4-5-21-14(19)18-13)8-17-11-3-2-9(7-16)6-10(11)15/h2-6,17H,8H2,1H3. The number of nitriles is 1. The van der Waals surface area contributed by atoms with Crippen LogP contribution >= 0.6 is 11.3 Å². The van der Waals surface area contributed by atoms with Crippen LogP contribution in [0.4, 0.5) is 10.1 Å². The van der Waals surface area contributed by atoms with E-state index in [2.05, 4.69) is 10.3 Å². The molecule has 0 aliphatic carbocycles. The fraction of sp³-hybridized carbons (Fsp3) is 0.143. The summed E-state index contributed by atoms with van der Waals surface area (Å²) in [5.74, 6) is 0.0579. The first-order valence-electron chi connectivity index (χ1n) is 6.15. The average molecular weight is 302 g/mol. The molecule has 0 fully saturated rings. The van der Waals surface area contributed by atoms with Gasteiger partial charge in [-0.2, -0.15) is 10.2 Å². The van der Waals surface area contributed by atoms with Gasteiger partial charge in [-0.1, -0.05) is 0 Å². The number of imidazole rings is 1. The fourth-order valence-electron chi connectivity index (χ4n) is 2.04. The predicted molar refractivity (Wildman–Crippen MR) is 78.1 cm³/mol. The SMILES string of the molecule is COc1nc2sccn2c1CNc1ccc(C#N)cc1F. The monoisotopic (exact) mass is 302 g/mol. The minimum atomic E-state index is -0.459. The lowest BCUT2D eigenvalue weighted by Crippen LogP contribution is -2.05. The molecule has 0 bridgehead atoms. The number of nitrogens with one attached hydrogen (secondary N) is 1. The number of aromatic nitrogens is 2. The van der Waals surface area contributed by atoms with Crippen LogP contribution in [0.1, 0.15) is 11.3 Å². The summed E-state index contributed by atoms with van der Waals surface area (Å²) in [4.78, 5) is 5.16. The highest BCUT2D eigenvalue weighted by molar-refractivity contribution is 7.15. The van der Waals surface area contributed by atoms with Crippen molar-refractivity contribution in [2.45, 2.75) is 6.54 Å². The number of ether oxygens (including phenoxy) is 1. The van der Waals surface area contributed by atoms with Crippen molar-refractivity contribution >= 4 is 22.0 Å². The average Bonchev–Trinajstić information content (AvgIpc) is 3.06. The van der Waals surface area contributed by atoms with Gasteiger partial charge in [0.1, 0.15) is 11.5 Å². The second kappa shape index (κ2) is 5.42. The molecule has 1 N–H and O–H groups in total. The number of thiazole rings is 1. The minimum Gasteiger partial charge on any atom is -0.480 e. The molecule has 0 saturated heterocycles. The molecule has 3 rings (SSSR count). The van der Waals surface area contributed by atoms with Crippen LogP contribution < -0.4 is 10.1 Å². The number of benzene rings is 1. The Morgan fingerprint density at radius 1 is 1.52 bits per heavy atom. The topological polar surface area (TPSA) is 62.4 Å². The Morgan fingerprint density at radius 3 is 3.10 bits per heavy atom. The van der Waals surface area contributed by atoms with Crippen LogP contribution in [0.25, 0.3) is 4.96 Å². The van der Waals surface area contributed by atoms with Crippen molar-refractivity contribution in [2.24, 2.45) is 0 Å². The van der Waals surface area contributed by atoms with Gasteiger partial charge in [0.25, 0.3) is 0 Å². The zero-order valence-corrected chi connectivity index (χ0v) is 11.9. The first kappa shape index (κ1) is 13.4. The maximum atomic E-state index is 13.8. The maximum Gasteiger partial charge on any atom is 0.238 e. The summed E-state index contributed by atoms with van der Waals surface area (Å²) in [6, 6.07) is 6.22. The zero-order chi connectivity index (χ0) is 14.8. The molecule has 0 radical (unpaired) electrons. The summed E-state index contributed by atoms with van der Waals surface area (Å²) >= 11 is 1.50. The van der Waals surface area contributed by atoms with Gasteiger partial charge in [0.2, 0.25) is 5.88 Å². The van der Waals surface area contributed by atoms with E-state index in [4.69, 9.17) is 10.00 Å². The summed E-state index contributed by atoms with van der Waals surface area (Å²) < 4.78 is 21.0. The van der Waals surface area contributed by atoms with E-state index in [1.807, 2.05) is 22.0 Å². The van der Waals surface area contributed by atoms with Crippen molar-refractivity contribution in [3.63, 3.8) is 0 Å². The number of methoxy groups -OCH3 is 1. The molecular weight excluding hydrogens is 291 g/mol. The third kappa shape index (κ3) is 2.41. The Hall–Kier alpha value is -2.59. The number of fused-ring (bicyclic) bond motifs is 1. The minimum absolute atomic E-state index is 0.292. The van der Waals surface area contributed by atoms with Crippen LogP contribution in [0.15, 0.2) is 29.8 Å². The Bertz CT molecular complexity index is 833. The molecule has 0 amide bonds. The van der Waals surface area contributed by atoms with E-state index in [-0.39, 0.29) is 0 Å². The van der Waals surface area contributed by atoms with Gasteiger partial charge in [-0.3, -0.25) is 4.40 Å². The van der Waals surface area contributed by atoms with E-state index in [0.29, 0.717) is 23.7 Å².